The lowest BCUT2D eigenvalue weighted by Gasteiger charge is -2.15. The molecule has 3 N–H and O–H groups in total. The highest BCUT2D eigenvalue weighted by Crippen LogP contribution is 2.33. The molecule has 0 saturated heterocycles. The van der Waals surface area contributed by atoms with Crippen LogP contribution in [0.15, 0.2) is 66.9 Å². The summed E-state index contributed by atoms with van der Waals surface area (Å²) in [6.07, 6.45) is 3.80. The van der Waals surface area contributed by atoms with Crippen molar-refractivity contribution in [1.82, 2.24) is 14.8 Å². The monoisotopic (exact) mass is 398 g/mol. The van der Waals surface area contributed by atoms with Crippen molar-refractivity contribution in [2.45, 2.75) is 18.9 Å². The second-order valence-corrected chi connectivity index (χ2v) is 7.46. The number of hydrogen-bond donors (Lipinski definition) is 3. The van der Waals surface area contributed by atoms with E-state index in [4.69, 9.17) is 4.98 Å². The zero-order valence-corrected chi connectivity index (χ0v) is 16.6. The Hall–Kier alpha value is -3.87. The summed E-state index contributed by atoms with van der Waals surface area (Å²) in [4.78, 5) is 17.0. The highest BCUT2D eigenvalue weighted by atomic mass is 16.2. The predicted molar refractivity (Wildman–Crippen MR) is 119 cm³/mol. The van der Waals surface area contributed by atoms with E-state index < -0.39 is 0 Å². The Labute approximate surface area is 174 Å². The van der Waals surface area contributed by atoms with Crippen molar-refractivity contribution in [3.05, 3.63) is 78.0 Å². The molecule has 0 unspecified atom stereocenters. The summed E-state index contributed by atoms with van der Waals surface area (Å²) in [6, 6.07) is 20.0. The molecule has 2 heterocycles. The summed E-state index contributed by atoms with van der Waals surface area (Å²) in [6.45, 7) is 0. The van der Waals surface area contributed by atoms with E-state index in [0.29, 0.717) is 17.5 Å². The summed E-state index contributed by atoms with van der Waals surface area (Å²) in [5, 5.41) is 14.2. The molecule has 7 nitrogen and oxygen atoms in total. The number of rotatable bonds is 4. The minimum absolute atomic E-state index is 0.294. The molecule has 0 spiro atoms. The lowest BCUT2D eigenvalue weighted by atomic mass is 10.1. The van der Waals surface area contributed by atoms with Crippen molar-refractivity contribution < 1.29 is 4.79 Å². The third-order valence-corrected chi connectivity index (χ3v) is 5.46. The molecule has 1 aliphatic rings. The third-order valence-electron chi connectivity index (χ3n) is 5.46. The zero-order valence-electron chi connectivity index (χ0n) is 16.6. The highest BCUT2D eigenvalue weighted by molar-refractivity contribution is 6.00. The van der Waals surface area contributed by atoms with E-state index >= 15 is 0 Å². The summed E-state index contributed by atoms with van der Waals surface area (Å²) >= 11 is 0. The SMILES string of the molecule is Cn1nccc1NC(=O)Nc1ccc2nc(N[C@@H]3CCc4ccccc43)ccc2c1. The van der Waals surface area contributed by atoms with Crippen LogP contribution in [0.1, 0.15) is 23.6 Å². The van der Waals surface area contributed by atoms with Crippen LogP contribution in [0.4, 0.5) is 22.1 Å². The second kappa shape index (κ2) is 7.51. The van der Waals surface area contributed by atoms with Gasteiger partial charge in [-0.1, -0.05) is 24.3 Å². The van der Waals surface area contributed by atoms with E-state index in [1.807, 2.05) is 30.3 Å². The number of carbonyl (C=O) groups is 1. The molecule has 2 amide bonds. The number of aryl methyl sites for hydroxylation is 2. The number of pyridine rings is 1. The van der Waals surface area contributed by atoms with Gasteiger partial charge in [-0.15, -0.1) is 0 Å². The quantitative estimate of drug-likeness (QED) is 0.465. The Kier molecular flexibility index (Phi) is 4.55. The predicted octanol–water partition coefficient (Wildman–Crippen LogP) is 4.71. The second-order valence-electron chi connectivity index (χ2n) is 7.46. The molecule has 2 aromatic carbocycles. The fourth-order valence-electron chi connectivity index (χ4n) is 3.94. The maximum atomic E-state index is 12.2. The normalized spacial score (nSPS) is 15.0. The standard InChI is InChI=1S/C23H22N6O/c1-29-22(12-13-24-29)28-23(30)25-17-8-10-19-16(14-17)7-11-21(26-19)27-20-9-6-15-4-2-3-5-18(15)20/h2-5,7-8,10-14,20H,6,9H2,1H3,(H,26,27)(H2,25,28,30)/t20-/m1/s1. The van der Waals surface area contributed by atoms with E-state index in [2.05, 4.69) is 45.3 Å². The molecule has 0 radical (unpaired) electrons. The summed E-state index contributed by atoms with van der Waals surface area (Å²) in [5.41, 5.74) is 4.35. The van der Waals surface area contributed by atoms with Crippen molar-refractivity contribution in [2.75, 3.05) is 16.0 Å². The van der Waals surface area contributed by atoms with Crippen LogP contribution >= 0.6 is 0 Å². The average molecular weight is 398 g/mol. The largest absolute Gasteiger partial charge is 0.363 e. The topological polar surface area (TPSA) is 83.9 Å². The minimum Gasteiger partial charge on any atom is -0.363 e. The van der Waals surface area contributed by atoms with Crippen molar-refractivity contribution in [3.63, 3.8) is 0 Å². The number of urea groups is 1. The molecular formula is C23H22N6O. The maximum absolute atomic E-state index is 12.2. The van der Waals surface area contributed by atoms with E-state index in [-0.39, 0.29) is 6.03 Å². The first-order chi connectivity index (χ1) is 14.7. The van der Waals surface area contributed by atoms with Crippen molar-refractivity contribution >= 4 is 34.3 Å². The van der Waals surface area contributed by atoms with Gasteiger partial charge in [0, 0.05) is 24.2 Å². The molecule has 0 saturated carbocycles. The van der Waals surface area contributed by atoms with E-state index in [1.165, 1.54) is 11.1 Å². The molecule has 30 heavy (non-hydrogen) atoms. The van der Waals surface area contributed by atoms with E-state index in [1.54, 1.807) is 24.0 Å². The summed E-state index contributed by atoms with van der Waals surface area (Å²) in [5.74, 6) is 1.48. The molecule has 0 aliphatic heterocycles. The maximum Gasteiger partial charge on any atom is 0.324 e. The zero-order chi connectivity index (χ0) is 20.5. The molecular weight excluding hydrogens is 376 g/mol. The number of aromatic nitrogens is 3. The molecule has 5 rings (SSSR count). The van der Waals surface area contributed by atoms with E-state index in [9.17, 15) is 4.79 Å². The van der Waals surface area contributed by atoms with Crippen molar-refractivity contribution in [3.8, 4) is 0 Å². The van der Waals surface area contributed by atoms with Crippen LogP contribution in [0.3, 0.4) is 0 Å². The number of anilines is 3. The molecule has 0 bridgehead atoms. The number of hydrogen-bond acceptors (Lipinski definition) is 4. The fourth-order valence-corrected chi connectivity index (χ4v) is 3.94. The molecule has 1 aliphatic carbocycles. The summed E-state index contributed by atoms with van der Waals surface area (Å²) < 4.78 is 1.60. The van der Waals surface area contributed by atoms with Crippen LogP contribution in [0.25, 0.3) is 10.9 Å². The highest BCUT2D eigenvalue weighted by Gasteiger charge is 2.21. The Bertz CT molecular complexity index is 1230. The number of carbonyl (C=O) groups excluding carboxylic acids is 1. The Morgan fingerprint density at radius 2 is 1.97 bits per heavy atom. The summed E-state index contributed by atoms with van der Waals surface area (Å²) in [7, 11) is 1.77. The fraction of sp³-hybridized carbons (Fsp3) is 0.174. The first-order valence-electron chi connectivity index (χ1n) is 9.97. The molecule has 150 valence electrons. The molecule has 4 aromatic rings. The first kappa shape index (κ1) is 18.2. The van der Waals surface area contributed by atoms with Crippen molar-refractivity contribution in [1.29, 1.82) is 0 Å². The van der Waals surface area contributed by atoms with Crippen LogP contribution < -0.4 is 16.0 Å². The Balaban J connectivity index is 1.29. The van der Waals surface area contributed by atoms with Crippen LogP contribution in [0.2, 0.25) is 0 Å². The van der Waals surface area contributed by atoms with Gasteiger partial charge in [-0.3, -0.25) is 10.00 Å². The Morgan fingerprint density at radius 3 is 2.83 bits per heavy atom. The van der Waals surface area contributed by atoms with Gasteiger partial charge in [0.15, 0.2) is 0 Å². The van der Waals surface area contributed by atoms with Gasteiger partial charge in [0.05, 0.1) is 17.8 Å². The van der Waals surface area contributed by atoms with Crippen LogP contribution in [0, 0.1) is 0 Å². The number of nitrogens with one attached hydrogen (secondary N) is 3. The van der Waals surface area contributed by atoms with Gasteiger partial charge in [0.2, 0.25) is 0 Å². The molecule has 0 fully saturated rings. The van der Waals surface area contributed by atoms with Crippen LogP contribution in [0.5, 0.6) is 0 Å². The first-order valence-corrected chi connectivity index (χ1v) is 9.97. The van der Waals surface area contributed by atoms with Gasteiger partial charge in [0.1, 0.15) is 11.6 Å². The van der Waals surface area contributed by atoms with Crippen molar-refractivity contribution in [2.24, 2.45) is 7.05 Å². The smallest absolute Gasteiger partial charge is 0.324 e. The molecule has 2 aromatic heterocycles. The van der Waals surface area contributed by atoms with Gasteiger partial charge < -0.3 is 10.6 Å². The number of benzene rings is 2. The Morgan fingerprint density at radius 1 is 1.07 bits per heavy atom. The van der Waals surface area contributed by atoms with Gasteiger partial charge >= 0.3 is 6.03 Å². The third kappa shape index (κ3) is 3.57. The van der Waals surface area contributed by atoms with E-state index in [0.717, 1.165) is 29.6 Å². The molecule has 1 atom stereocenters. The van der Waals surface area contributed by atoms with Crippen LogP contribution in [-0.4, -0.2) is 20.8 Å². The number of fused-ring (bicyclic) bond motifs is 2. The average Bonchev–Trinajstić information content (AvgIpc) is 3.34. The minimum atomic E-state index is -0.316. The number of nitrogens with zero attached hydrogens (tertiary/aromatic N) is 3. The lowest BCUT2D eigenvalue weighted by Crippen LogP contribution is -2.21. The van der Waals surface area contributed by atoms with Gasteiger partial charge in [0.25, 0.3) is 0 Å². The van der Waals surface area contributed by atoms with Gasteiger partial charge in [-0.05, 0) is 54.3 Å². The lowest BCUT2D eigenvalue weighted by molar-refractivity contribution is 0.262. The number of amides is 2. The van der Waals surface area contributed by atoms with Crippen LogP contribution in [-0.2, 0) is 13.5 Å². The van der Waals surface area contributed by atoms with Gasteiger partial charge in [-0.25, -0.2) is 9.78 Å². The van der Waals surface area contributed by atoms with Gasteiger partial charge in [-0.2, -0.15) is 5.10 Å². The molecule has 7 heteroatoms.